The van der Waals surface area contributed by atoms with Crippen LogP contribution in [0.15, 0.2) is 55.1 Å². The van der Waals surface area contributed by atoms with Gasteiger partial charge in [-0.3, -0.25) is 9.59 Å². The number of likely N-dealkylation sites (tertiary alicyclic amines) is 1. The summed E-state index contributed by atoms with van der Waals surface area (Å²) in [7, 11) is 3.22. The van der Waals surface area contributed by atoms with Gasteiger partial charge in [0.1, 0.15) is 28.6 Å². The number of ether oxygens (including phenoxy) is 2. The van der Waals surface area contributed by atoms with Crippen LogP contribution in [0.25, 0.3) is 22.4 Å². The number of benzene rings is 2. The van der Waals surface area contributed by atoms with E-state index in [0.717, 1.165) is 30.4 Å². The number of nitrogens with zero attached hydrogens (tertiary/aromatic N) is 3. The molecular weight excluding hydrogens is 482 g/mol. The van der Waals surface area contributed by atoms with Crippen LogP contribution in [0.5, 0.6) is 11.5 Å². The zero-order valence-corrected chi connectivity index (χ0v) is 21.8. The first-order valence-electron chi connectivity index (χ1n) is 12.9. The molecular formula is C29H33N5O4. The molecule has 198 valence electrons. The van der Waals surface area contributed by atoms with Crippen molar-refractivity contribution in [1.29, 1.82) is 0 Å². The highest BCUT2D eigenvalue weighted by atomic mass is 16.5. The molecule has 2 aliphatic heterocycles. The molecule has 0 saturated carbocycles. The molecule has 3 aromatic rings. The summed E-state index contributed by atoms with van der Waals surface area (Å²) in [6, 6.07) is 13.7. The first-order chi connectivity index (χ1) is 18.5. The molecule has 1 unspecified atom stereocenters. The van der Waals surface area contributed by atoms with E-state index in [2.05, 4.69) is 11.9 Å². The van der Waals surface area contributed by atoms with Crippen LogP contribution in [0.2, 0.25) is 0 Å². The maximum absolute atomic E-state index is 12.8. The Bertz CT molecular complexity index is 1330. The summed E-state index contributed by atoms with van der Waals surface area (Å²) in [6.07, 6.45) is 3.95. The molecule has 0 spiro atoms. The van der Waals surface area contributed by atoms with Gasteiger partial charge >= 0.3 is 0 Å². The third-order valence-corrected chi connectivity index (χ3v) is 7.62. The van der Waals surface area contributed by atoms with Gasteiger partial charge in [-0.15, -0.1) is 0 Å². The monoisotopic (exact) mass is 515 g/mol. The molecule has 9 heteroatoms. The van der Waals surface area contributed by atoms with E-state index in [1.807, 2.05) is 52.0 Å². The Kier molecular flexibility index (Phi) is 7.09. The van der Waals surface area contributed by atoms with Crippen LogP contribution < -0.4 is 20.5 Å². The SMILES string of the molecule is C=CC(=O)N1CCC(C2CCNc3c(C(N)=O)c(-c4cc(OC)c(-c5ccccc5)c(OC)c4)nn32)CC1. The molecule has 38 heavy (non-hydrogen) atoms. The van der Waals surface area contributed by atoms with Gasteiger partial charge in [-0.1, -0.05) is 36.9 Å². The number of hydrogen-bond donors (Lipinski definition) is 2. The molecule has 9 nitrogen and oxygen atoms in total. The lowest BCUT2D eigenvalue weighted by atomic mass is 9.87. The second-order valence-electron chi connectivity index (χ2n) is 9.65. The predicted octanol–water partition coefficient (Wildman–Crippen LogP) is 4.11. The van der Waals surface area contributed by atoms with Crippen molar-refractivity contribution in [2.24, 2.45) is 11.7 Å². The van der Waals surface area contributed by atoms with Crippen molar-refractivity contribution in [3.8, 4) is 33.9 Å². The van der Waals surface area contributed by atoms with Crippen molar-refractivity contribution in [3.63, 3.8) is 0 Å². The van der Waals surface area contributed by atoms with E-state index in [1.54, 1.807) is 14.2 Å². The number of carbonyl (C=O) groups excluding carboxylic acids is 2. The highest BCUT2D eigenvalue weighted by Crippen LogP contribution is 2.45. The second-order valence-corrected chi connectivity index (χ2v) is 9.65. The first-order valence-corrected chi connectivity index (χ1v) is 12.9. The summed E-state index contributed by atoms with van der Waals surface area (Å²) in [4.78, 5) is 26.7. The van der Waals surface area contributed by atoms with Gasteiger partial charge in [0.15, 0.2) is 0 Å². The van der Waals surface area contributed by atoms with E-state index in [4.69, 9.17) is 20.3 Å². The van der Waals surface area contributed by atoms with Gasteiger partial charge in [0.05, 0.1) is 25.8 Å². The quantitative estimate of drug-likeness (QED) is 0.458. The van der Waals surface area contributed by atoms with Gasteiger partial charge in [0, 0.05) is 25.2 Å². The molecule has 3 heterocycles. The van der Waals surface area contributed by atoms with Gasteiger partial charge in [-0.25, -0.2) is 4.68 Å². The fourth-order valence-electron chi connectivity index (χ4n) is 5.75. The number of rotatable bonds is 7. The Morgan fingerprint density at radius 2 is 1.71 bits per heavy atom. The summed E-state index contributed by atoms with van der Waals surface area (Å²) in [5.74, 6) is 1.59. The van der Waals surface area contributed by atoms with Crippen molar-refractivity contribution in [2.75, 3.05) is 39.2 Å². The van der Waals surface area contributed by atoms with E-state index in [9.17, 15) is 9.59 Å². The molecule has 0 radical (unpaired) electrons. The van der Waals surface area contributed by atoms with Crippen molar-refractivity contribution in [3.05, 3.63) is 60.7 Å². The minimum atomic E-state index is -0.550. The fraction of sp³-hybridized carbons (Fsp3) is 0.345. The van der Waals surface area contributed by atoms with Gasteiger partial charge in [0.25, 0.3) is 5.91 Å². The summed E-state index contributed by atoms with van der Waals surface area (Å²) >= 11 is 0. The van der Waals surface area contributed by atoms with Crippen molar-refractivity contribution in [1.82, 2.24) is 14.7 Å². The number of carbonyl (C=O) groups is 2. The van der Waals surface area contributed by atoms with E-state index >= 15 is 0 Å². The Hall–Kier alpha value is -4.27. The average Bonchev–Trinajstić information content (AvgIpc) is 3.37. The molecule has 2 aliphatic rings. The minimum absolute atomic E-state index is 0.0336. The number of aromatic nitrogens is 2. The molecule has 1 atom stereocenters. The van der Waals surface area contributed by atoms with E-state index in [-0.39, 0.29) is 11.9 Å². The highest BCUT2D eigenvalue weighted by Gasteiger charge is 2.36. The maximum Gasteiger partial charge on any atom is 0.254 e. The molecule has 1 aromatic heterocycles. The number of hydrogen-bond acceptors (Lipinski definition) is 6. The smallest absolute Gasteiger partial charge is 0.254 e. The van der Waals surface area contributed by atoms with E-state index in [0.29, 0.717) is 59.7 Å². The Morgan fingerprint density at radius 1 is 1.05 bits per heavy atom. The molecule has 2 aromatic carbocycles. The minimum Gasteiger partial charge on any atom is -0.496 e. The molecule has 1 fully saturated rings. The Balaban J connectivity index is 1.56. The van der Waals surface area contributed by atoms with Gasteiger partial charge < -0.3 is 25.4 Å². The number of primary amides is 1. The zero-order valence-electron chi connectivity index (χ0n) is 21.8. The van der Waals surface area contributed by atoms with Gasteiger partial charge in [-0.05, 0) is 49.0 Å². The lowest BCUT2D eigenvalue weighted by Crippen LogP contribution is -2.41. The van der Waals surface area contributed by atoms with Crippen molar-refractivity contribution < 1.29 is 19.1 Å². The summed E-state index contributed by atoms with van der Waals surface area (Å²) < 4.78 is 13.5. The fourth-order valence-corrected chi connectivity index (χ4v) is 5.75. The number of amides is 2. The molecule has 3 N–H and O–H groups in total. The second kappa shape index (κ2) is 10.6. The first kappa shape index (κ1) is 25.4. The third-order valence-electron chi connectivity index (χ3n) is 7.62. The normalized spacial score (nSPS) is 17.3. The highest BCUT2D eigenvalue weighted by molar-refractivity contribution is 6.04. The third kappa shape index (κ3) is 4.49. The number of nitrogens with one attached hydrogen (secondary N) is 1. The molecule has 2 amide bonds. The van der Waals surface area contributed by atoms with E-state index in [1.165, 1.54) is 6.08 Å². The Morgan fingerprint density at radius 3 is 2.29 bits per heavy atom. The van der Waals surface area contributed by atoms with Crippen LogP contribution in [0, 0.1) is 5.92 Å². The molecule has 5 rings (SSSR count). The lowest BCUT2D eigenvalue weighted by molar-refractivity contribution is -0.127. The van der Waals surface area contributed by atoms with Crippen LogP contribution in [0.1, 0.15) is 35.7 Å². The number of piperidine rings is 1. The van der Waals surface area contributed by atoms with Gasteiger partial charge in [0.2, 0.25) is 5.91 Å². The average molecular weight is 516 g/mol. The Labute approximate surface area is 222 Å². The number of methoxy groups -OCH3 is 2. The van der Waals surface area contributed by atoms with Crippen molar-refractivity contribution >= 4 is 17.6 Å². The predicted molar refractivity (Wildman–Crippen MR) is 146 cm³/mol. The summed E-state index contributed by atoms with van der Waals surface area (Å²) in [5, 5.41) is 8.33. The zero-order chi connectivity index (χ0) is 26.8. The molecule has 0 aliphatic carbocycles. The van der Waals surface area contributed by atoms with Crippen LogP contribution in [0.4, 0.5) is 5.82 Å². The van der Waals surface area contributed by atoms with E-state index < -0.39 is 5.91 Å². The number of fused-ring (bicyclic) bond motifs is 1. The number of anilines is 1. The van der Waals surface area contributed by atoms with Crippen molar-refractivity contribution in [2.45, 2.75) is 25.3 Å². The van der Waals surface area contributed by atoms with Crippen LogP contribution in [-0.4, -0.2) is 60.3 Å². The lowest BCUT2D eigenvalue weighted by Gasteiger charge is -2.38. The topological polar surface area (TPSA) is 112 Å². The van der Waals surface area contributed by atoms with Crippen LogP contribution in [-0.2, 0) is 4.79 Å². The van der Waals surface area contributed by atoms with Gasteiger partial charge in [-0.2, -0.15) is 5.10 Å². The number of nitrogens with two attached hydrogens (primary N) is 1. The molecule has 0 bridgehead atoms. The molecule has 1 saturated heterocycles. The summed E-state index contributed by atoms with van der Waals surface area (Å²) in [6.45, 7) is 5.68. The summed E-state index contributed by atoms with van der Waals surface area (Å²) in [5.41, 5.74) is 9.22. The maximum atomic E-state index is 12.8. The largest absolute Gasteiger partial charge is 0.496 e. The van der Waals surface area contributed by atoms with Crippen LogP contribution >= 0.6 is 0 Å². The standard InChI is InChI=1S/C29H33N5O4/c1-4-24(35)33-14-11-18(12-15-33)21-10-13-31-29-26(28(30)36)27(32-34(21)29)20-16-22(37-2)25(23(17-20)38-3)19-8-6-5-7-9-19/h4-9,16-18,21,31H,1,10-15H2,2-3H3,(H2,30,36). The van der Waals surface area contributed by atoms with Crippen LogP contribution in [0.3, 0.4) is 0 Å².